The van der Waals surface area contributed by atoms with Crippen LogP contribution in [0.15, 0.2) is 41.2 Å². The summed E-state index contributed by atoms with van der Waals surface area (Å²) in [6.45, 7) is 8.44. The summed E-state index contributed by atoms with van der Waals surface area (Å²) in [7, 11) is 0. The predicted octanol–water partition coefficient (Wildman–Crippen LogP) is 3.41. The van der Waals surface area contributed by atoms with Crippen molar-refractivity contribution in [2.24, 2.45) is 0 Å². The molecule has 0 saturated carbocycles. The minimum Gasteiger partial charge on any atom is -0.392 e. The fraction of sp³-hybridized carbons (Fsp3) is 0.409. The molecule has 3 rings (SSSR count). The number of likely N-dealkylation sites (N-methyl/N-ethyl adjacent to an activating group) is 1. The topological polar surface area (TPSA) is 72.8 Å². The fourth-order valence-electron chi connectivity index (χ4n) is 3.47. The van der Waals surface area contributed by atoms with Gasteiger partial charge in [0.15, 0.2) is 5.43 Å². The van der Waals surface area contributed by atoms with Gasteiger partial charge in [0.1, 0.15) is 0 Å². The molecule has 150 valence electrons. The van der Waals surface area contributed by atoms with Crippen LogP contribution in [0.1, 0.15) is 26.3 Å². The van der Waals surface area contributed by atoms with Crippen LogP contribution in [0.4, 0.5) is 5.69 Å². The lowest BCUT2D eigenvalue weighted by Gasteiger charge is -2.28. The first-order valence-corrected chi connectivity index (χ1v) is 10.4. The lowest BCUT2D eigenvalue weighted by Crippen LogP contribution is -2.40. The van der Waals surface area contributed by atoms with Crippen LogP contribution in [0.5, 0.6) is 0 Å². The molecule has 0 saturated heterocycles. The lowest BCUT2D eigenvalue weighted by molar-refractivity contribution is 0.0392. The molecule has 3 N–H and O–H groups in total. The Labute approximate surface area is 169 Å². The molecule has 6 heteroatoms. The third-order valence-corrected chi connectivity index (χ3v) is 6.03. The van der Waals surface area contributed by atoms with Crippen molar-refractivity contribution in [1.82, 2.24) is 4.90 Å². The number of aliphatic hydroxyl groups excluding tert-OH is 1. The number of fused-ring (bicyclic) bond motifs is 2. The van der Waals surface area contributed by atoms with Crippen molar-refractivity contribution in [2.45, 2.75) is 33.0 Å². The van der Waals surface area contributed by atoms with Crippen LogP contribution in [0.25, 0.3) is 20.2 Å². The van der Waals surface area contributed by atoms with E-state index in [2.05, 4.69) is 17.1 Å². The van der Waals surface area contributed by atoms with E-state index in [-0.39, 0.29) is 12.0 Å². The molecule has 2 aromatic carbocycles. The summed E-state index contributed by atoms with van der Waals surface area (Å²) in [4.78, 5) is 15.3. The van der Waals surface area contributed by atoms with Gasteiger partial charge in [-0.25, -0.2) is 0 Å². The maximum Gasteiger partial charge on any atom is 0.197 e. The van der Waals surface area contributed by atoms with Crippen LogP contribution in [0.3, 0.4) is 0 Å². The molecule has 0 radical (unpaired) electrons. The van der Waals surface area contributed by atoms with Gasteiger partial charge in [-0.1, -0.05) is 25.1 Å². The quantitative estimate of drug-likeness (QED) is 0.506. The summed E-state index contributed by atoms with van der Waals surface area (Å²) in [5.74, 6) is 0. The molecule has 1 heterocycles. The van der Waals surface area contributed by atoms with E-state index in [0.29, 0.717) is 23.9 Å². The van der Waals surface area contributed by atoms with Crippen molar-refractivity contribution >= 4 is 37.2 Å². The largest absolute Gasteiger partial charge is 0.392 e. The molecule has 0 aliphatic carbocycles. The van der Waals surface area contributed by atoms with Crippen molar-refractivity contribution in [1.29, 1.82) is 0 Å². The van der Waals surface area contributed by atoms with E-state index >= 15 is 0 Å². The van der Waals surface area contributed by atoms with Gasteiger partial charge in [0, 0.05) is 40.1 Å². The molecular formula is C22H28N2O3S. The van der Waals surface area contributed by atoms with Gasteiger partial charge < -0.3 is 15.5 Å². The molecule has 0 amide bonds. The SMILES string of the molecule is CCN(CCNc1ccc(CO)c2sc3ccccc3c(=O)c12)CC(C)(C)O. The highest BCUT2D eigenvalue weighted by Gasteiger charge is 2.17. The zero-order chi connectivity index (χ0) is 20.3. The smallest absolute Gasteiger partial charge is 0.197 e. The first kappa shape index (κ1) is 20.7. The second-order valence-corrected chi connectivity index (χ2v) is 8.72. The van der Waals surface area contributed by atoms with Crippen molar-refractivity contribution in [2.75, 3.05) is 31.5 Å². The average molecular weight is 401 g/mol. The minimum absolute atomic E-state index is 0.00834. The lowest BCUT2D eigenvalue weighted by atomic mass is 10.1. The molecule has 28 heavy (non-hydrogen) atoms. The molecule has 0 spiro atoms. The van der Waals surface area contributed by atoms with Gasteiger partial charge in [-0.05, 0) is 44.2 Å². The second-order valence-electron chi connectivity index (χ2n) is 7.67. The normalized spacial score (nSPS) is 12.2. The van der Waals surface area contributed by atoms with Crippen molar-refractivity contribution in [3.8, 4) is 0 Å². The average Bonchev–Trinajstić information content (AvgIpc) is 2.66. The minimum atomic E-state index is -0.742. The third kappa shape index (κ3) is 4.52. The van der Waals surface area contributed by atoms with Crippen molar-refractivity contribution < 1.29 is 10.2 Å². The number of hydrogen-bond donors (Lipinski definition) is 3. The highest BCUT2D eigenvalue weighted by atomic mass is 32.1. The molecule has 0 aliphatic rings. The van der Waals surface area contributed by atoms with Gasteiger partial charge in [-0.15, -0.1) is 11.3 Å². The Bertz CT molecular complexity index is 1020. The summed E-state index contributed by atoms with van der Waals surface area (Å²) in [5.41, 5.74) is 0.809. The Morgan fingerprint density at radius 3 is 2.61 bits per heavy atom. The summed E-state index contributed by atoms with van der Waals surface area (Å²) in [6.07, 6.45) is 0. The maximum atomic E-state index is 13.2. The zero-order valence-electron chi connectivity index (χ0n) is 16.7. The maximum absolute atomic E-state index is 13.2. The Morgan fingerprint density at radius 2 is 1.93 bits per heavy atom. The van der Waals surface area contributed by atoms with E-state index in [1.54, 1.807) is 13.8 Å². The van der Waals surface area contributed by atoms with Crippen LogP contribution >= 0.6 is 11.3 Å². The number of nitrogens with zero attached hydrogens (tertiary/aromatic N) is 1. The molecule has 0 aliphatic heterocycles. The standard InChI is InChI=1S/C22H28N2O3S/c1-4-24(14-22(2,3)27)12-11-23-17-10-9-15(13-25)21-19(17)20(26)16-7-5-6-8-18(16)28-21/h5-10,23,25,27H,4,11-14H2,1-3H3. The molecule has 0 atom stereocenters. The Hall–Kier alpha value is -1.99. The van der Waals surface area contributed by atoms with Crippen LogP contribution in [-0.2, 0) is 6.61 Å². The van der Waals surface area contributed by atoms with E-state index in [1.807, 2.05) is 36.4 Å². The first-order valence-electron chi connectivity index (χ1n) is 9.61. The van der Waals surface area contributed by atoms with E-state index < -0.39 is 5.60 Å². The van der Waals surface area contributed by atoms with Crippen LogP contribution < -0.4 is 10.7 Å². The summed E-state index contributed by atoms with van der Waals surface area (Å²) < 4.78 is 1.76. The fourth-order valence-corrected chi connectivity index (χ4v) is 4.68. The molecule has 5 nitrogen and oxygen atoms in total. The van der Waals surface area contributed by atoms with Crippen molar-refractivity contribution in [3.63, 3.8) is 0 Å². The molecular weight excluding hydrogens is 372 g/mol. The second kappa shape index (κ2) is 8.57. The van der Waals surface area contributed by atoms with Gasteiger partial charge >= 0.3 is 0 Å². The number of rotatable bonds is 8. The molecule has 0 fully saturated rings. The molecule has 1 aromatic heterocycles. The Kier molecular flexibility index (Phi) is 6.35. The zero-order valence-corrected chi connectivity index (χ0v) is 17.5. The van der Waals surface area contributed by atoms with E-state index in [9.17, 15) is 15.0 Å². The van der Waals surface area contributed by atoms with Gasteiger partial charge in [-0.2, -0.15) is 0 Å². The van der Waals surface area contributed by atoms with Gasteiger partial charge in [-0.3, -0.25) is 9.69 Å². The Morgan fingerprint density at radius 1 is 1.18 bits per heavy atom. The summed E-state index contributed by atoms with van der Waals surface area (Å²) in [6, 6.07) is 11.4. The Balaban J connectivity index is 1.93. The number of aliphatic hydroxyl groups is 2. The van der Waals surface area contributed by atoms with Gasteiger partial charge in [0.2, 0.25) is 0 Å². The van der Waals surface area contributed by atoms with Gasteiger partial charge in [0.25, 0.3) is 0 Å². The monoisotopic (exact) mass is 400 g/mol. The van der Waals surface area contributed by atoms with Crippen LogP contribution in [0, 0.1) is 0 Å². The number of hydrogen-bond acceptors (Lipinski definition) is 6. The third-order valence-electron chi connectivity index (χ3n) is 4.78. The number of benzene rings is 2. The highest BCUT2D eigenvalue weighted by molar-refractivity contribution is 7.24. The summed E-state index contributed by atoms with van der Waals surface area (Å²) in [5, 5.41) is 24.5. The summed E-state index contributed by atoms with van der Waals surface area (Å²) >= 11 is 1.54. The van der Waals surface area contributed by atoms with E-state index in [0.717, 1.165) is 33.7 Å². The number of nitrogens with one attached hydrogen (secondary N) is 1. The van der Waals surface area contributed by atoms with E-state index in [1.165, 1.54) is 11.3 Å². The van der Waals surface area contributed by atoms with Crippen molar-refractivity contribution in [3.05, 3.63) is 52.2 Å². The van der Waals surface area contributed by atoms with Crippen LogP contribution in [-0.4, -0.2) is 46.9 Å². The van der Waals surface area contributed by atoms with Crippen LogP contribution in [0.2, 0.25) is 0 Å². The highest BCUT2D eigenvalue weighted by Crippen LogP contribution is 2.32. The van der Waals surface area contributed by atoms with Gasteiger partial charge in [0.05, 0.1) is 17.6 Å². The molecule has 0 bridgehead atoms. The molecule has 0 unspecified atom stereocenters. The first-order chi connectivity index (χ1) is 13.3. The predicted molar refractivity (Wildman–Crippen MR) is 118 cm³/mol. The van der Waals surface area contributed by atoms with E-state index in [4.69, 9.17) is 0 Å². The number of anilines is 1. The molecule has 3 aromatic rings.